The van der Waals surface area contributed by atoms with Gasteiger partial charge in [0, 0.05) is 11.9 Å². The minimum absolute atomic E-state index is 0.170. The number of benzene rings is 1. The molecule has 0 aliphatic rings. The van der Waals surface area contributed by atoms with Gasteiger partial charge in [0.25, 0.3) is 5.91 Å². The number of carbonyl (C=O) groups excluding carboxylic acids is 1. The van der Waals surface area contributed by atoms with Crippen LogP contribution in [0, 0.1) is 24.2 Å². The number of nitrogens with zero attached hydrogens (tertiary/aromatic N) is 1. The molecule has 1 unspecified atom stereocenters. The minimum Gasteiger partial charge on any atom is -0.480 e. The van der Waals surface area contributed by atoms with Gasteiger partial charge in [-0.1, -0.05) is 31.5 Å². The molecule has 1 amide bonds. The number of nitriles is 1. The highest BCUT2D eigenvalue weighted by Gasteiger charge is 2.18. The largest absolute Gasteiger partial charge is 0.480 e. The van der Waals surface area contributed by atoms with Gasteiger partial charge in [0.15, 0.2) is 0 Å². The normalized spacial score (nSPS) is 12.4. The third kappa shape index (κ3) is 6.22. The van der Waals surface area contributed by atoms with E-state index in [1.54, 1.807) is 18.2 Å². The van der Waals surface area contributed by atoms with Crippen LogP contribution >= 0.6 is 0 Å². The Morgan fingerprint density at radius 2 is 1.91 bits per heavy atom. The molecule has 122 valence electrons. The fraction of sp³-hybridized carbons (Fsp3) is 0.353. The molecule has 0 radical (unpaired) electrons. The van der Waals surface area contributed by atoms with Crippen molar-refractivity contribution < 1.29 is 14.7 Å². The van der Waals surface area contributed by atoms with Crippen LogP contribution in [0.5, 0.6) is 0 Å². The fourth-order valence-corrected chi connectivity index (χ4v) is 1.88. The van der Waals surface area contributed by atoms with E-state index in [4.69, 9.17) is 10.4 Å². The highest BCUT2D eigenvalue weighted by atomic mass is 16.4. The van der Waals surface area contributed by atoms with Crippen LogP contribution in [-0.2, 0) is 9.59 Å². The van der Waals surface area contributed by atoms with Crippen molar-refractivity contribution in [2.75, 3.05) is 5.32 Å². The maximum atomic E-state index is 12.0. The number of amides is 1. The Kier molecular flexibility index (Phi) is 6.81. The van der Waals surface area contributed by atoms with Crippen molar-refractivity contribution in [2.24, 2.45) is 5.92 Å². The zero-order valence-electron chi connectivity index (χ0n) is 13.5. The van der Waals surface area contributed by atoms with E-state index in [9.17, 15) is 9.59 Å². The van der Waals surface area contributed by atoms with Gasteiger partial charge in [0.1, 0.15) is 17.7 Å². The van der Waals surface area contributed by atoms with Crippen LogP contribution in [0.4, 0.5) is 5.69 Å². The molecule has 6 nitrogen and oxygen atoms in total. The molecule has 23 heavy (non-hydrogen) atoms. The first-order valence-electron chi connectivity index (χ1n) is 7.30. The Morgan fingerprint density at radius 1 is 1.30 bits per heavy atom. The molecule has 0 heterocycles. The number of carboxylic acids is 1. The summed E-state index contributed by atoms with van der Waals surface area (Å²) in [6.45, 7) is 5.73. The van der Waals surface area contributed by atoms with Crippen molar-refractivity contribution >= 4 is 17.6 Å². The van der Waals surface area contributed by atoms with Gasteiger partial charge in [-0.05, 0) is 31.4 Å². The number of aryl methyl sites for hydroxylation is 1. The van der Waals surface area contributed by atoms with Crippen LogP contribution in [0.2, 0.25) is 0 Å². The van der Waals surface area contributed by atoms with Gasteiger partial charge in [-0.15, -0.1) is 0 Å². The molecule has 0 bridgehead atoms. The van der Waals surface area contributed by atoms with Crippen LogP contribution in [0.15, 0.2) is 36.0 Å². The summed E-state index contributed by atoms with van der Waals surface area (Å²) in [5.74, 6) is -1.44. The fourth-order valence-electron chi connectivity index (χ4n) is 1.88. The van der Waals surface area contributed by atoms with E-state index in [0.29, 0.717) is 12.1 Å². The van der Waals surface area contributed by atoms with Crippen LogP contribution in [0.1, 0.15) is 25.8 Å². The van der Waals surface area contributed by atoms with Crippen molar-refractivity contribution in [3.8, 4) is 6.07 Å². The van der Waals surface area contributed by atoms with Crippen molar-refractivity contribution in [2.45, 2.75) is 33.2 Å². The highest BCUT2D eigenvalue weighted by molar-refractivity contribution is 6.06. The molecular weight excluding hydrogens is 294 g/mol. The van der Waals surface area contributed by atoms with Crippen LogP contribution in [0.3, 0.4) is 0 Å². The first-order chi connectivity index (χ1) is 10.8. The van der Waals surface area contributed by atoms with Crippen molar-refractivity contribution in [3.05, 3.63) is 41.6 Å². The van der Waals surface area contributed by atoms with Gasteiger partial charge in [-0.25, -0.2) is 4.79 Å². The lowest BCUT2D eigenvalue weighted by atomic mass is 10.0. The zero-order chi connectivity index (χ0) is 17.4. The molecular formula is C17H21N3O3. The number of aliphatic carboxylic acids is 1. The Balaban J connectivity index is 2.77. The van der Waals surface area contributed by atoms with Crippen LogP contribution in [-0.4, -0.2) is 23.0 Å². The number of hydrogen-bond donors (Lipinski definition) is 3. The molecule has 0 aromatic heterocycles. The van der Waals surface area contributed by atoms with Gasteiger partial charge in [0.05, 0.1) is 0 Å². The number of rotatable bonds is 7. The van der Waals surface area contributed by atoms with Gasteiger partial charge in [0.2, 0.25) is 0 Å². The molecule has 1 aromatic carbocycles. The quantitative estimate of drug-likeness (QED) is 0.530. The Bertz CT molecular complexity index is 627. The molecule has 0 spiro atoms. The number of anilines is 1. The van der Waals surface area contributed by atoms with Crippen molar-refractivity contribution in [3.63, 3.8) is 0 Å². The molecule has 3 N–H and O–H groups in total. The van der Waals surface area contributed by atoms with Crippen LogP contribution < -0.4 is 10.6 Å². The lowest BCUT2D eigenvalue weighted by molar-refractivity contribution is -0.139. The number of carbonyl (C=O) groups is 2. The SMILES string of the molecule is Cc1ccc(NC(=O)/C(C#N)=C\NC(CC(C)C)C(=O)O)cc1. The lowest BCUT2D eigenvalue weighted by Crippen LogP contribution is -2.35. The second kappa shape index (κ2) is 8.59. The predicted molar refractivity (Wildman–Crippen MR) is 87.5 cm³/mol. The number of nitrogens with one attached hydrogen (secondary N) is 2. The second-order valence-electron chi connectivity index (χ2n) is 5.68. The predicted octanol–water partition coefficient (Wildman–Crippen LogP) is 2.43. The zero-order valence-corrected chi connectivity index (χ0v) is 13.5. The summed E-state index contributed by atoms with van der Waals surface area (Å²) in [6.07, 6.45) is 1.55. The Morgan fingerprint density at radius 3 is 2.39 bits per heavy atom. The molecule has 6 heteroatoms. The third-order valence-electron chi connectivity index (χ3n) is 3.11. The van der Waals surface area contributed by atoms with E-state index >= 15 is 0 Å². The van der Waals surface area contributed by atoms with Crippen molar-refractivity contribution in [1.82, 2.24) is 5.32 Å². The third-order valence-corrected chi connectivity index (χ3v) is 3.11. The summed E-state index contributed by atoms with van der Waals surface area (Å²) in [4.78, 5) is 23.2. The van der Waals surface area contributed by atoms with Gasteiger partial charge in [-0.3, -0.25) is 4.79 Å². The second-order valence-corrected chi connectivity index (χ2v) is 5.68. The molecule has 0 aliphatic carbocycles. The highest BCUT2D eigenvalue weighted by Crippen LogP contribution is 2.10. The van der Waals surface area contributed by atoms with E-state index in [2.05, 4.69) is 10.6 Å². The van der Waals surface area contributed by atoms with Gasteiger partial charge >= 0.3 is 5.97 Å². The molecule has 0 aliphatic heterocycles. The maximum Gasteiger partial charge on any atom is 0.326 e. The summed E-state index contributed by atoms with van der Waals surface area (Å²) < 4.78 is 0. The Labute approximate surface area is 135 Å². The average Bonchev–Trinajstić information content (AvgIpc) is 2.48. The Hall–Kier alpha value is -2.81. The molecule has 1 atom stereocenters. The van der Waals surface area contributed by atoms with Gasteiger partial charge in [-0.2, -0.15) is 5.26 Å². The first-order valence-corrected chi connectivity index (χ1v) is 7.30. The number of hydrogen-bond acceptors (Lipinski definition) is 4. The summed E-state index contributed by atoms with van der Waals surface area (Å²) in [6, 6.07) is 8.07. The topological polar surface area (TPSA) is 102 Å². The van der Waals surface area contributed by atoms with E-state index in [1.807, 2.05) is 32.9 Å². The maximum absolute atomic E-state index is 12.0. The monoisotopic (exact) mass is 315 g/mol. The minimum atomic E-state index is -1.02. The molecule has 0 fully saturated rings. The molecule has 1 rings (SSSR count). The summed E-state index contributed by atoms with van der Waals surface area (Å²) >= 11 is 0. The summed E-state index contributed by atoms with van der Waals surface area (Å²) in [5.41, 5.74) is 1.44. The van der Waals surface area contributed by atoms with E-state index in [-0.39, 0.29) is 11.5 Å². The smallest absolute Gasteiger partial charge is 0.326 e. The van der Waals surface area contributed by atoms with E-state index < -0.39 is 17.9 Å². The number of carboxylic acid groups (broad SMARTS) is 1. The summed E-state index contributed by atoms with van der Waals surface area (Å²) in [5, 5.41) is 23.4. The van der Waals surface area contributed by atoms with E-state index in [1.165, 1.54) is 0 Å². The first kappa shape index (κ1) is 18.2. The summed E-state index contributed by atoms with van der Waals surface area (Å²) in [7, 11) is 0. The standard InChI is InChI=1S/C17H21N3O3/c1-11(2)8-15(17(22)23)19-10-13(9-18)16(21)20-14-6-4-12(3)5-7-14/h4-7,10-11,15,19H,8H2,1-3H3,(H,20,21)(H,22,23)/b13-10-. The molecule has 0 saturated heterocycles. The average molecular weight is 315 g/mol. The molecule has 1 aromatic rings. The van der Waals surface area contributed by atoms with E-state index in [0.717, 1.165) is 11.8 Å². The van der Waals surface area contributed by atoms with Crippen molar-refractivity contribution in [1.29, 1.82) is 5.26 Å². The van der Waals surface area contributed by atoms with Crippen LogP contribution in [0.25, 0.3) is 0 Å². The lowest BCUT2D eigenvalue weighted by Gasteiger charge is -2.15. The molecule has 0 saturated carbocycles. The van der Waals surface area contributed by atoms with Gasteiger partial charge < -0.3 is 15.7 Å².